The predicted octanol–water partition coefficient (Wildman–Crippen LogP) is 5.28. The van der Waals surface area contributed by atoms with Crippen molar-refractivity contribution in [1.29, 1.82) is 0 Å². The standard InChI is InChI=1S/C26H18BrN3O3/c1-29-25(32)21-19-15-4-2-3-5-17(15)28-23(19)24-20(22(21)26(29)33)16-10-12(27)6-9-18(16)30(24)13-7-8-14(31)11-13/h2-10,13-14,28,31H,11H2,1H3/t13?,14-/m1/s1. The van der Waals surface area contributed by atoms with Crippen LogP contribution in [0.2, 0.25) is 0 Å². The minimum atomic E-state index is -0.514. The van der Waals surface area contributed by atoms with Gasteiger partial charge in [0.25, 0.3) is 11.8 Å². The summed E-state index contributed by atoms with van der Waals surface area (Å²) in [5.74, 6) is -0.563. The van der Waals surface area contributed by atoms with E-state index in [-0.39, 0.29) is 17.9 Å². The summed E-state index contributed by atoms with van der Waals surface area (Å²) in [5, 5.41) is 13.6. The molecule has 2 aliphatic rings. The highest BCUT2D eigenvalue weighted by Gasteiger charge is 2.40. The molecule has 0 radical (unpaired) electrons. The zero-order valence-electron chi connectivity index (χ0n) is 17.6. The number of aliphatic hydroxyl groups is 1. The first kappa shape index (κ1) is 19.1. The van der Waals surface area contributed by atoms with E-state index in [2.05, 4.69) is 25.5 Å². The lowest BCUT2D eigenvalue weighted by Gasteiger charge is -2.16. The molecule has 1 aliphatic carbocycles. The maximum Gasteiger partial charge on any atom is 0.262 e. The number of aromatic amines is 1. The van der Waals surface area contributed by atoms with Gasteiger partial charge in [0.1, 0.15) is 0 Å². The van der Waals surface area contributed by atoms with Gasteiger partial charge in [0, 0.05) is 50.5 Å². The molecule has 7 heteroatoms. The lowest BCUT2D eigenvalue weighted by Crippen LogP contribution is -2.24. The number of aromatic nitrogens is 2. The Balaban J connectivity index is 1.81. The lowest BCUT2D eigenvalue weighted by molar-refractivity contribution is 0.0694. The van der Waals surface area contributed by atoms with Crippen molar-refractivity contribution in [1.82, 2.24) is 14.5 Å². The Morgan fingerprint density at radius 3 is 2.52 bits per heavy atom. The number of amides is 2. The summed E-state index contributed by atoms with van der Waals surface area (Å²) in [6.07, 6.45) is 3.88. The van der Waals surface area contributed by atoms with E-state index in [1.165, 1.54) is 4.90 Å². The van der Waals surface area contributed by atoms with Gasteiger partial charge >= 0.3 is 0 Å². The summed E-state index contributed by atoms with van der Waals surface area (Å²) in [5.41, 5.74) is 4.51. The highest BCUT2D eigenvalue weighted by atomic mass is 79.9. The minimum Gasteiger partial charge on any atom is -0.389 e. The molecule has 3 aromatic carbocycles. The largest absolute Gasteiger partial charge is 0.389 e. The fourth-order valence-electron chi connectivity index (χ4n) is 5.67. The van der Waals surface area contributed by atoms with Crippen LogP contribution in [0.3, 0.4) is 0 Å². The Labute approximate surface area is 196 Å². The van der Waals surface area contributed by atoms with Crippen LogP contribution in [0.15, 0.2) is 59.1 Å². The van der Waals surface area contributed by atoms with E-state index < -0.39 is 6.10 Å². The summed E-state index contributed by atoms with van der Waals surface area (Å²) >= 11 is 3.58. The number of fused-ring (bicyclic) bond motifs is 10. The maximum absolute atomic E-state index is 13.5. The third-order valence-electron chi connectivity index (χ3n) is 7.07. The van der Waals surface area contributed by atoms with Crippen LogP contribution in [-0.4, -0.2) is 44.5 Å². The van der Waals surface area contributed by atoms with Gasteiger partial charge in [0.15, 0.2) is 0 Å². The topological polar surface area (TPSA) is 78.3 Å². The Morgan fingerprint density at radius 2 is 1.76 bits per heavy atom. The van der Waals surface area contributed by atoms with E-state index in [0.717, 1.165) is 48.1 Å². The number of carbonyl (C=O) groups excluding carboxylic acids is 2. The molecular formula is C26H18BrN3O3. The number of aliphatic hydroxyl groups excluding tert-OH is 1. The molecule has 1 aliphatic heterocycles. The lowest BCUT2D eigenvalue weighted by atomic mass is 9.96. The molecule has 0 bridgehead atoms. The van der Waals surface area contributed by atoms with Crippen LogP contribution in [0.5, 0.6) is 0 Å². The molecule has 0 spiro atoms. The van der Waals surface area contributed by atoms with E-state index in [1.54, 1.807) is 7.05 Å². The Morgan fingerprint density at radius 1 is 1.00 bits per heavy atom. The van der Waals surface area contributed by atoms with E-state index in [4.69, 9.17) is 0 Å². The second-order valence-corrected chi connectivity index (χ2v) is 9.77. The number of hydrogen-bond donors (Lipinski definition) is 2. The van der Waals surface area contributed by atoms with Gasteiger partial charge in [0.05, 0.1) is 34.3 Å². The van der Waals surface area contributed by atoms with Crippen molar-refractivity contribution in [3.8, 4) is 0 Å². The van der Waals surface area contributed by atoms with Crippen LogP contribution in [0, 0.1) is 0 Å². The van der Waals surface area contributed by atoms with Gasteiger partial charge in [-0.3, -0.25) is 14.5 Å². The number of imide groups is 1. The zero-order chi connectivity index (χ0) is 22.6. The molecule has 3 heterocycles. The quantitative estimate of drug-likeness (QED) is 0.243. The fraction of sp³-hybridized carbons (Fsp3) is 0.154. The number of H-pyrrole nitrogens is 1. The average Bonchev–Trinajstić information content (AvgIpc) is 3.53. The van der Waals surface area contributed by atoms with Crippen LogP contribution in [-0.2, 0) is 0 Å². The van der Waals surface area contributed by atoms with Crippen molar-refractivity contribution in [3.63, 3.8) is 0 Å². The van der Waals surface area contributed by atoms with Crippen LogP contribution in [0.4, 0.5) is 0 Å². The number of rotatable bonds is 1. The van der Waals surface area contributed by atoms with Crippen molar-refractivity contribution < 1.29 is 14.7 Å². The van der Waals surface area contributed by atoms with Crippen LogP contribution in [0.1, 0.15) is 33.2 Å². The number of hydrogen-bond acceptors (Lipinski definition) is 3. The zero-order valence-corrected chi connectivity index (χ0v) is 19.2. The number of nitrogens with zero attached hydrogens (tertiary/aromatic N) is 2. The van der Waals surface area contributed by atoms with Gasteiger partial charge in [-0.2, -0.15) is 0 Å². The van der Waals surface area contributed by atoms with Gasteiger partial charge in [-0.05, 0) is 24.3 Å². The minimum absolute atomic E-state index is 0.0706. The van der Waals surface area contributed by atoms with Crippen molar-refractivity contribution in [2.24, 2.45) is 0 Å². The number of halogens is 1. The van der Waals surface area contributed by atoms with Crippen LogP contribution in [0.25, 0.3) is 43.6 Å². The summed E-state index contributed by atoms with van der Waals surface area (Å²) in [6, 6.07) is 13.8. The molecule has 2 aromatic heterocycles. The highest BCUT2D eigenvalue weighted by Crippen LogP contribution is 2.47. The summed E-state index contributed by atoms with van der Waals surface area (Å²) in [6.45, 7) is 0. The molecule has 0 saturated heterocycles. The van der Waals surface area contributed by atoms with Crippen molar-refractivity contribution in [2.45, 2.75) is 18.6 Å². The second kappa shape index (κ2) is 6.34. The van der Waals surface area contributed by atoms with E-state index in [1.807, 2.05) is 54.6 Å². The normalized spacial score (nSPS) is 20.4. The predicted molar refractivity (Wildman–Crippen MR) is 132 cm³/mol. The molecule has 2 amide bonds. The molecular weight excluding hydrogens is 482 g/mol. The number of carbonyl (C=O) groups is 2. The SMILES string of the molecule is CN1C(=O)c2c(c3c4cc(Br)ccc4n(C4C=C[C@@H](O)C4)c3c3[nH]c4ccccc4c23)C1=O. The van der Waals surface area contributed by atoms with Gasteiger partial charge in [-0.25, -0.2) is 0 Å². The molecule has 162 valence electrons. The number of para-hydroxylation sites is 1. The first-order chi connectivity index (χ1) is 16.0. The van der Waals surface area contributed by atoms with E-state index >= 15 is 0 Å². The van der Waals surface area contributed by atoms with Crippen molar-refractivity contribution >= 4 is 71.4 Å². The van der Waals surface area contributed by atoms with Gasteiger partial charge in [0.2, 0.25) is 0 Å². The molecule has 2 N–H and O–H groups in total. The van der Waals surface area contributed by atoms with Crippen LogP contribution >= 0.6 is 15.9 Å². The second-order valence-electron chi connectivity index (χ2n) is 8.85. The van der Waals surface area contributed by atoms with Gasteiger partial charge in [-0.1, -0.05) is 46.3 Å². The summed E-state index contributed by atoms with van der Waals surface area (Å²) in [7, 11) is 1.54. The maximum atomic E-state index is 13.5. The molecule has 6 nitrogen and oxygen atoms in total. The third kappa shape index (κ3) is 2.31. The van der Waals surface area contributed by atoms with Crippen molar-refractivity contribution in [2.75, 3.05) is 7.05 Å². The number of allylic oxidation sites excluding steroid dienone is 1. The van der Waals surface area contributed by atoms with E-state index in [0.29, 0.717) is 17.5 Å². The highest BCUT2D eigenvalue weighted by molar-refractivity contribution is 9.10. The molecule has 0 fully saturated rings. The molecule has 5 aromatic rings. The number of nitrogens with one attached hydrogen (secondary N) is 1. The molecule has 7 rings (SSSR count). The molecule has 0 saturated carbocycles. The van der Waals surface area contributed by atoms with Crippen molar-refractivity contribution in [3.05, 3.63) is 70.2 Å². The Hall–Kier alpha value is -3.42. The van der Waals surface area contributed by atoms with Gasteiger partial charge < -0.3 is 14.7 Å². The van der Waals surface area contributed by atoms with Crippen LogP contribution < -0.4 is 0 Å². The molecule has 33 heavy (non-hydrogen) atoms. The molecule has 1 unspecified atom stereocenters. The number of benzene rings is 3. The molecule has 2 atom stereocenters. The first-order valence-electron chi connectivity index (χ1n) is 10.8. The Kier molecular flexibility index (Phi) is 3.66. The summed E-state index contributed by atoms with van der Waals surface area (Å²) in [4.78, 5) is 31.6. The smallest absolute Gasteiger partial charge is 0.262 e. The van der Waals surface area contributed by atoms with Gasteiger partial charge in [-0.15, -0.1) is 0 Å². The monoisotopic (exact) mass is 499 g/mol. The average molecular weight is 500 g/mol. The Bertz CT molecular complexity index is 1740. The first-order valence-corrected chi connectivity index (χ1v) is 11.6. The fourth-order valence-corrected chi connectivity index (χ4v) is 6.03. The summed E-state index contributed by atoms with van der Waals surface area (Å²) < 4.78 is 3.10. The third-order valence-corrected chi connectivity index (χ3v) is 7.56. The van der Waals surface area contributed by atoms with E-state index in [9.17, 15) is 14.7 Å².